The number of amides is 2. The highest BCUT2D eigenvalue weighted by atomic mass is 32.2. The summed E-state index contributed by atoms with van der Waals surface area (Å²) in [5.41, 5.74) is 0. The first kappa shape index (κ1) is 10.5. The topological polar surface area (TPSA) is 57.6 Å². The Kier molecular flexibility index (Phi) is 3.74. The Balaban J connectivity index is 2.44. The van der Waals surface area contributed by atoms with Crippen molar-refractivity contribution in [2.24, 2.45) is 0 Å². The number of thioether (sulfide) groups is 1. The largest absolute Gasteiger partial charge is 0.393 e. The van der Waals surface area contributed by atoms with Crippen LogP contribution in [0.25, 0.3) is 0 Å². The fourth-order valence-corrected chi connectivity index (χ4v) is 1.87. The molecule has 1 aliphatic heterocycles. The van der Waals surface area contributed by atoms with Gasteiger partial charge in [-0.2, -0.15) is 0 Å². The van der Waals surface area contributed by atoms with E-state index in [9.17, 15) is 9.59 Å². The zero-order chi connectivity index (χ0) is 9.84. The number of hydrogen-bond acceptors (Lipinski definition) is 4. The van der Waals surface area contributed by atoms with Crippen LogP contribution in [0.4, 0.5) is 4.79 Å². The minimum absolute atomic E-state index is 0.121. The predicted octanol–water partition coefficient (Wildman–Crippen LogP) is 0.843. The van der Waals surface area contributed by atoms with Crippen LogP contribution < -0.4 is 0 Å². The highest BCUT2D eigenvalue weighted by Crippen LogP contribution is 2.18. The summed E-state index contributed by atoms with van der Waals surface area (Å²) in [6.07, 6.45) is 0.418. The predicted molar refractivity (Wildman–Crippen MR) is 50.5 cm³/mol. The third kappa shape index (κ3) is 3.00. The lowest BCUT2D eigenvalue weighted by molar-refractivity contribution is -0.127. The highest BCUT2D eigenvalue weighted by Gasteiger charge is 2.26. The average molecular weight is 203 g/mol. The molecule has 4 nitrogen and oxygen atoms in total. The monoisotopic (exact) mass is 203 g/mol. The van der Waals surface area contributed by atoms with Gasteiger partial charge >= 0.3 is 0 Å². The van der Waals surface area contributed by atoms with Crippen molar-refractivity contribution in [3.05, 3.63) is 0 Å². The molecule has 0 aromatic rings. The minimum Gasteiger partial charge on any atom is -0.393 e. The molecule has 1 N–H and O–H groups in total. The van der Waals surface area contributed by atoms with E-state index in [0.717, 1.165) is 0 Å². The molecule has 1 atom stereocenters. The molecule has 1 saturated heterocycles. The molecule has 0 bridgehead atoms. The van der Waals surface area contributed by atoms with Gasteiger partial charge < -0.3 is 5.11 Å². The van der Waals surface area contributed by atoms with Gasteiger partial charge in [-0.1, -0.05) is 11.8 Å². The third-order valence-corrected chi connectivity index (χ3v) is 2.71. The standard InChI is InChI=1S/C8H13NO3S/c1-6(10)2-4-9-7(11)3-5-13-8(9)12/h6,10H,2-5H2,1H3. The molecule has 0 aliphatic carbocycles. The summed E-state index contributed by atoms with van der Waals surface area (Å²) < 4.78 is 0. The van der Waals surface area contributed by atoms with Crippen molar-refractivity contribution in [1.82, 2.24) is 4.90 Å². The normalized spacial score (nSPS) is 20.6. The molecular weight excluding hydrogens is 190 g/mol. The van der Waals surface area contributed by atoms with E-state index in [1.807, 2.05) is 0 Å². The number of imide groups is 1. The lowest BCUT2D eigenvalue weighted by Crippen LogP contribution is -2.39. The van der Waals surface area contributed by atoms with Crippen LogP contribution in [0.2, 0.25) is 0 Å². The number of nitrogens with zero attached hydrogens (tertiary/aromatic N) is 1. The first-order valence-electron chi connectivity index (χ1n) is 4.26. The molecule has 0 aromatic carbocycles. The van der Waals surface area contributed by atoms with Crippen molar-refractivity contribution in [3.63, 3.8) is 0 Å². The van der Waals surface area contributed by atoms with E-state index < -0.39 is 6.10 Å². The van der Waals surface area contributed by atoms with Gasteiger partial charge in [0.25, 0.3) is 5.24 Å². The molecule has 1 unspecified atom stereocenters. The summed E-state index contributed by atoms with van der Waals surface area (Å²) in [5.74, 6) is 0.465. The van der Waals surface area contributed by atoms with E-state index in [4.69, 9.17) is 5.11 Å². The summed E-state index contributed by atoms with van der Waals surface area (Å²) in [4.78, 5) is 23.7. The maximum atomic E-state index is 11.2. The molecular formula is C8H13NO3S. The second kappa shape index (κ2) is 4.62. The summed E-state index contributed by atoms with van der Waals surface area (Å²) in [7, 11) is 0. The van der Waals surface area contributed by atoms with Crippen molar-refractivity contribution in [2.75, 3.05) is 12.3 Å². The Hall–Kier alpha value is -0.550. The Bertz CT molecular complexity index is 201. The Morgan fingerprint density at radius 3 is 2.85 bits per heavy atom. The summed E-state index contributed by atoms with van der Waals surface area (Å²) in [5, 5.41) is 8.82. The van der Waals surface area contributed by atoms with Crippen molar-refractivity contribution >= 4 is 22.9 Å². The van der Waals surface area contributed by atoms with Crippen LogP contribution >= 0.6 is 11.8 Å². The number of carbonyl (C=O) groups is 2. The quantitative estimate of drug-likeness (QED) is 0.738. The van der Waals surface area contributed by atoms with Gasteiger partial charge in [0.15, 0.2) is 0 Å². The van der Waals surface area contributed by atoms with E-state index in [-0.39, 0.29) is 11.1 Å². The fraction of sp³-hybridized carbons (Fsp3) is 0.750. The smallest absolute Gasteiger partial charge is 0.288 e. The average Bonchev–Trinajstić information content (AvgIpc) is 2.03. The molecule has 2 amide bonds. The number of hydrogen-bond donors (Lipinski definition) is 1. The van der Waals surface area contributed by atoms with Gasteiger partial charge in [0.2, 0.25) is 5.91 Å². The Labute approximate surface area is 81.3 Å². The molecule has 0 radical (unpaired) electrons. The van der Waals surface area contributed by atoms with E-state index in [1.165, 1.54) is 16.7 Å². The van der Waals surface area contributed by atoms with Crippen LogP contribution in [0.5, 0.6) is 0 Å². The summed E-state index contributed by atoms with van der Waals surface area (Å²) in [6, 6.07) is 0. The number of aliphatic hydroxyl groups is 1. The number of rotatable bonds is 3. The van der Waals surface area contributed by atoms with Gasteiger partial charge in [0.1, 0.15) is 0 Å². The van der Waals surface area contributed by atoms with E-state index in [0.29, 0.717) is 25.1 Å². The summed E-state index contributed by atoms with van der Waals surface area (Å²) >= 11 is 1.17. The maximum absolute atomic E-state index is 11.2. The third-order valence-electron chi connectivity index (χ3n) is 1.83. The molecule has 0 spiro atoms. The number of aliphatic hydroxyl groups excluding tert-OH is 1. The maximum Gasteiger partial charge on any atom is 0.288 e. The Morgan fingerprint density at radius 1 is 1.62 bits per heavy atom. The zero-order valence-corrected chi connectivity index (χ0v) is 8.34. The van der Waals surface area contributed by atoms with Gasteiger partial charge in [-0.3, -0.25) is 14.5 Å². The van der Waals surface area contributed by atoms with Gasteiger partial charge in [0, 0.05) is 18.7 Å². The van der Waals surface area contributed by atoms with Crippen molar-refractivity contribution < 1.29 is 14.7 Å². The van der Waals surface area contributed by atoms with Crippen LogP contribution in [0.3, 0.4) is 0 Å². The molecule has 0 saturated carbocycles. The first-order valence-corrected chi connectivity index (χ1v) is 5.25. The SMILES string of the molecule is CC(O)CCN1C(=O)CCSC1=O. The van der Waals surface area contributed by atoms with Gasteiger partial charge in [-0.05, 0) is 13.3 Å². The van der Waals surface area contributed by atoms with Crippen LogP contribution in [0.1, 0.15) is 19.8 Å². The van der Waals surface area contributed by atoms with Gasteiger partial charge in [0.05, 0.1) is 6.10 Å². The lowest BCUT2D eigenvalue weighted by Gasteiger charge is -2.24. The molecule has 5 heteroatoms. The van der Waals surface area contributed by atoms with Crippen molar-refractivity contribution in [3.8, 4) is 0 Å². The zero-order valence-electron chi connectivity index (χ0n) is 7.52. The van der Waals surface area contributed by atoms with Crippen LogP contribution in [0, 0.1) is 0 Å². The fourth-order valence-electron chi connectivity index (χ4n) is 1.07. The lowest BCUT2D eigenvalue weighted by atomic mass is 10.2. The van der Waals surface area contributed by atoms with E-state index in [2.05, 4.69) is 0 Å². The van der Waals surface area contributed by atoms with Crippen LogP contribution in [0.15, 0.2) is 0 Å². The van der Waals surface area contributed by atoms with Crippen LogP contribution in [-0.4, -0.2) is 39.6 Å². The van der Waals surface area contributed by atoms with Crippen molar-refractivity contribution in [2.45, 2.75) is 25.9 Å². The molecule has 0 aromatic heterocycles. The molecule has 13 heavy (non-hydrogen) atoms. The number of carbonyl (C=O) groups excluding carboxylic acids is 2. The van der Waals surface area contributed by atoms with Gasteiger partial charge in [-0.15, -0.1) is 0 Å². The molecule has 1 fully saturated rings. The highest BCUT2D eigenvalue weighted by molar-refractivity contribution is 8.13. The van der Waals surface area contributed by atoms with Crippen LogP contribution in [-0.2, 0) is 4.79 Å². The van der Waals surface area contributed by atoms with E-state index >= 15 is 0 Å². The molecule has 1 aliphatic rings. The molecule has 74 valence electrons. The molecule has 1 rings (SSSR count). The summed E-state index contributed by atoms with van der Waals surface area (Å²) in [6.45, 7) is 1.98. The second-order valence-corrected chi connectivity index (χ2v) is 4.09. The first-order chi connectivity index (χ1) is 6.11. The van der Waals surface area contributed by atoms with E-state index in [1.54, 1.807) is 6.92 Å². The second-order valence-electron chi connectivity index (χ2n) is 3.05. The van der Waals surface area contributed by atoms with Crippen molar-refractivity contribution in [1.29, 1.82) is 0 Å². The minimum atomic E-state index is -0.465. The van der Waals surface area contributed by atoms with Gasteiger partial charge in [-0.25, -0.2) is 0 Å². The Morgan fingerprint density at radius 2 is 2.31 bits per heavy atom. The molecule has 1 heterocycles.